The summed E-state index contributed by atoms with van der Waals surface area (Å²) in [7, 11) is 0. The van der Waals surface area contributed by atoms with Gasteiger partial charge in [0.25, 0.3) is 0 Å². The van der Waals surface area contributed by atoms with Crippen molar-refractivity contribution in [3.8, 4) is 22.5 Å². The van der Waals surface area contributed by atoms with Gasteiger partial charge in [-0.1, -0.05) is 60.2 Å². The quantitative estimate of drug-likeness (QED) is 0.731. The maximum absolute atomic E-state index is 12.5. The van der Waals surface area contributed by atoms with Crippen LogP contribution >= 0.6 is 0 Å². The number of hydrogen-bond acceptors (Lipinski definition) is 4. The van der Waals surface area contributed by atoms with Gasteiger partial charge >= 0.3 is 0 Å². The molecule has 1 aliphatic heterocycles. The number of carbonyl (C=O) groups is 1. The van der Waals surface area contributed by atoms with Crippen LogP contribution in [-0.4, -0.2) is 40.4 Å². The Bertz CT molecular complexity index is 948. The number of anilines is 1. The molecule has 2 aromatic carbocycles. The van der Waals surface area contributed by atoms with Gasteiger partial charge < -0.3 is 0 Å². The van der Waals surface area contributed by atoms with Crippen molar-refractivity contribution in [2.45, 2.75) is 19.8 Å². The molecule has 1 aliphatic rings. The van der Waals surface area contributed by atoms with Crippen molar-refractivity contribution in [2.24, 2.45) is 0 Å². The lowest BCUT2D eigenvalue weighted by atomic mass is 10.1. The van der Waals surface area contributed by atoms with Crippen LogP contribution in [0.15, 0.2) is 60.7 Å². The van der Waals surface area contributed by atoms with Gasteiger partial charge in [-0.15, -0.1) is 0 Å². The summed E-state index contributed by atoms with van der Waals surface area (Å²) in [5, 5.41) is 2.90. The monoisotopic (exact) mass is 372 g/mol. The Labute approximate surface area is 165 Å². The van der Waals surface area contributed by atoms with E-state index in [0.717, 1.165) is 48.4 Å². The molecular formula is C23H24N4O. The fourth-order valence-electron chi connectivity index (χ4n) is 3.44. The predicted octanol–water partition coefficient (Wildman–Crippen LogP) is 4.15. The van der Waals surface area contributed by atoms with Gasteiger partial charge in [0.15, 0.2) is 0 Å². The number of likely N-dealkylation sites (tertiary alicyclic amines) is 1. The lowest BCUT2D eigenvalue weighted by Crippen LogP contribution is -2.31. The number of amides is 1. The lowest BCUT2D eigenvalue weighted by Gasteiger charge is -2.14. The number of hydrogen-bond donors (Lipinski definition) is 1. The molecule has 0 aliphatic carbocycles. The molecule has 1 N–H and O–H groups in total. The Hall–Kier alpha value is -3.05. The van der Waals surface area contributed by atoms with Crippen LogP contribution in [-0.2, 0) is 4.79 Å². The van der Waals surface area contributed by atoms with Crippen molar-refractivity contribution in [2.75, 3.05) is 25.0 Å². The summed E-state index contributed by atoms with van der Waals surface area (Å²) in [6.07, 6.45) is 2.32. The summed E-state index contributed by atoms with van der Waals surface area (Å²) in [4.78, 5) is 23.9. The molecule has 1 saturated heterocycles. The van der Waals surface area contributed by atoms with Crippen LogP contribution in [0.2, 0.25) is 0 Å². The van der Waals surface area contributed by atoms with Crippen molar-refractivity contribution in [3.05, 3.63) is 66.2 Å². The molecule has 0 saturated carbocycles. The number of benzene rings is 2. The van der Waals surface area contributed by atoms with E-state index in [2.05, 4.69) is 39.2 Å². The van der Waals surface area contributed by atoms with Crippen LogP contribution < -0.4 is 5.32 Å². The summed E-state index contributed by atoms with van der Waals surface area (Å²) >= 11 is 0. The molecule has 1 fully saturated rings. The highest BCUT2D eigenvalue weighted by Gasteiger charge is 2.17. The van der Waals surface area contributed by atoms with E-state index in [1.54, 1.807) is 0 Å². The Morgan fingerprint density at radius 2 is 1.54 bits per heavy atom. The Morgan fingerprint density at radius 3 is 2.18 bits per heavy atom. The fraction of sp³-hybridized carbons (Fsp3) is 0.261. The normalized spacial score (nSPS) is 14.2. The van der Waals surface area contributed by atoms with E-state index in [-0.39, 0.29) is 5.91 Å². The van der Waals surface area contributed by atoms with Crippen molar-refractivity contribution >= 4 is 11.9 Å². The number of aromatic nitrogens is 2. The smallest absolute Gasteiger partial charge is 0.240 e. The first-order valence-corrected chi connectivity index (χ1v) is 9.71. The van der Waals surface area contributed by atoms with Crippen LogP contribution in [0, 0.1) is 6.92 Å². The summed E-state index contributed by atoms with van der Waals surface area (Å²) < 4.78 is 0. The van der Waals surface area contributed by atoms with Gasteiger partial charge in [-0.05, 0) is 38.9 Å². The van der Waals surface area contributed by atoms with E-state index in [1.807, 2.05) is 48.5 Å². The second-order valence-corrected chi connectivity index (χ2v) is 7.23. The summed E-state index contributed by atoms with van der Waals surface area (Å²) in [6, 6.07) is 20.1. The van der Waals surface area contributed by atoms with Crippen LogP contribution in [0.4, 0.5) is 5.95 Å². The average Bonchev–Trinajstić information content (AvgIpc) is 3.22. The molecule has 0 unspecified atom stereocenters. The standard InChI is InChI=1S/C23H24N4O/c1-17-9-11-19(12-10-17)21-15-20(18-7-3-2-4-8-18)24-23(25-21)26-22(28)16-27-13-5-6-14-27/h2-4,7-12,15H,5-6,13-14,16H2,1H3,(H,24,25,26,28). The molecule has 1 amide bonds. The second-order valence-electron chi connectivity index (χ2n) is 7.23. The molecule has 0 atom stereocenters. The maximum atomic E-state index is 12.5. The fourth-order valence-corrected chi connectivity index (χ4v) is 3.44. The first-order chi connectivity index (χ1) is 13.7. The van der Waals surface area contributed by atoms with Crippen molar-refractivity contribution in [3.63, 3.8) is 0 Å². The number of nitrogens with zero attached hydrogens (tertiary/aromatic N) is 3. The van der Waals surface area contributed by atoms with Gasteiger partial charge in [0, 0.05) is 11.1 Å². The molecule has 1 aromatic heterocycles. The Kier molecular flexibility index (Phi) is 5.44. The SMILES string of the molecule is Cc1ccc(-c2cc(-c3ccccc3)nc(NC(=O)CN3CCCC3)n2)cc1. The average molecular weight is 372 g/mol. The molecule has 5 heteroatoms. The summed E-state index contributed by atoms with van der Waals surface area (Å²) in [6.45, 7) is 4.40. The van der Waals surface area contributed by atoms with Crippen LogP contribution in [0.1, 0.15) is 18.4 Å². The van der Waals surface area contributed by atoms with Gasteiger partial charge in [-0.2, -0.15) is 0 Å². The number of nitrogens with one attached hydrogen (secondary N) is 1. The van der Waals surface area contributed by atoms with Crippen LogP contribution in [0.5, 0.6) is 0 Å². The molecule has 142 valence electrons. The highest BCUT2D eigenvalue weighted by atomic mass is 16.2. The zero-order valence-electron chi connectivity index (χ0n) is 16.1. The van der Waals surface area contributed by atoms with Gasteiger partial charge in [0.05, 0.1) is 17.9 Å². The van der Waals surface area contributed by atoms with Gasteiger partial charge in [0.1, 0.15) is 0 Å². The third-order valence-corrected chi connectivity index (χ3v) is 4.96. The molecule has 5 nitrogen and oxygen atoms in total. The topological polar surface area (TPSA) is 58.1 Å². The Balaban J connectivity index is 1.65. The summed E-state index contributed by atoms with van der Waals surface area (Å²) in [5.74, 6) is 0.281. The van der Waals surface area contributed by atoms with Crippen LogP contribution in [0.25, 0.3) is 22.5 Å². The highest BCUT2D eigenvalue weighted by molar-refractivity contribution is 5.91. The first kappa shape index (κ1) is 18.3. The summed E-state index contributed by atoms with van der Waals surface area (Å²) in [5.41, 5.74) is 4.78. The zero-order chi connectivity index (χ0) is 19.3. The van der Waals surface area contributed by atoms with E-state index in [1.165, 1.54) is 5.56 Å². The first-order valence-electron chi connectivity index (χ1n) is 9.71. The number of rotatable bonds is 5. The molecule has 0 spiro atoms. The van der Waals surface area contributed by atoms with Crippen molar-refractivity contribution < 1.29 is 4.79 Å². The highest BCUT2D eigenvalue weighted by Crippen LogP contribution is 2.25. The molecule has 2 heterocycles. The minimum absolute atomic E-state index is 0.0676. The number of carbonyl (C=O) groups excluding carboxylic acids is 1. The van der Waals surface area contributed by atoms with Gasteiger partial charge in [-0.3, -0.25) is 15.0 Å². The van der Waals surface area contributed by atoms with E-state index >= 15 is 0 Å². The van der Waals surface area contributed by atoms with E-state index in [9.17, 15) is 4.79 Å². The molecule has 0 radical (unpaired) electrons. The van der Waals surface area contributed by atoms with Gasteiger partial charge in [0.2, 0.25) is 11.9 Å². The largest absolute Gasteiger partial charge is 0.295 e. The van der Waals surface area contributed by atoms with Crippen molar-refractivity contribution in [1.82, 2.24) is 14.9 Å². The third kappa shape index (κ3) is 4.43. The van der Waals surface area contributed by atoms with Crippen LogP contribution in [0.3, 0.4) is 0 Å². The van der Waals surface area contributed by atoms with Gasteiger partial charge in [-0.25, -0.2) is 9.97 Å². The second kappa shape index (κ2) is 8.31. The minimum Gasteiger partial charge on any atom is -0.295 e. The van der Waals surface area contributed by atoms with Crippen molar-refractivity contribution in [1.29, 1.82) is 0 Å². The molecule has 28 heavy (non-hydrogen) atoms. The lowest BCUT2D eigenvalue weighted by molar-refractivity contribution is -0.117. The molecule has 4 rings (SSSR count). The minimum atomic E-state index is -0.0676. The molecular weight excluding hydrogens is 348 g/mol. The maximum Gasteiger partial charge on any atom is 0.240 e. The predicted molar refractivity (Wildman–Crippen MR) is 112 cm³/mol. The van der Waals surface area contributed by atoms with E-state index in [4.69, 9.17) is 0 Å². The molecule has 3 aromatic rings. The number of aryl methyl sites for hydroxylation is 1. The molecule has 0 bridgehead atoms. The third-order valence-electron chi connectivity index (χ3n) is 4.96. The Morgan fingerprint density at radius 1 is 0.929 bits per heavy atom. The van der Waals surface area contributed by atoms with E-state index in [0.29, 0.717) is 12.5 Å². The zero-order valence-corrected chi connectivity index (χ0v) is 16.1. The van der Waals surface area contributed by atoms with E-state index < -0.39 is 0 Å².